The molecule has 4 aromatic heterocycles. The van der Waals surface area contributed by atoms with Crippen LogP contribution in [-0.4, -0.2) is 32.3 Å². The maximum absolute atomic E-state index is 4.29. The van der Waals surface area contributed by atoms with Crippen molar-refractivity contribution in [2.75, 3.05) is 12.3 Å². The molecule has 0 aliphatic heterocycles. The van der Waals surface area contributed by atoms with Crippen LogP contribution in [0.3, 0.4) is 0 Å². The Balaban J connectivity index is 1.58. The first kappa shape index (κ1) is 16.8. The maximum Gasteiger partial charge on any atom is 0.0798 e. The third-order valence-electron chi connectivity index (χ3n) is 3.29. The minimum atomic E-state index is -0.364. The van der Waals surface area contributed by atoms with Gasteiger partial charge in [-0.2, -0.15) is 0 Å². The van der Waals surface area contributed by atoms with E-state index in [4.69, 9.17) is 0 Å². The summed E-state index contributed by atoms with van der Waals surface area (Å²) in [6.45, 7) is 0. The molecule has 0 aliphatic carbocycles. The zero-order chi connectivity index (χ0) is 16.2. The first-order valence-corrected chi connectivity index (χ1v) is 13.6. The average Bonchev–Trinajstić information content (AvgIpc) is 3.42. The smallest absolute Gasteiger partial charge is 0.0798 e. The summed E-state index contributed by atoms with van der Waals surface area (Å²) in [4.78, 5) is 17.2. The summed E-state index contributed by atoms with van der Waals surface area (Å²) >= 11 is 7.04. The van der Waals surface area contributed by atoms with E-state index in [1.54, 1.807) is 45.3 Å². The fourth-order valence-corrected chi connectivity index (χ4v) is 12.6. The molecule has 0 N–H and O–H groups in total. The highest BCUT2D eigenvalue weighted by Crippen LogP contribution is 2.43. The Morgan fingerprint density at radius 2 is 0.833 bits per heavy atom. The van der Waals surface area contributed by atoms with Crippen LogP contribution < -0.4 is 18.5 Å². The topological polar surface area (TPSA) is 51.6 Å². The molecule has 0 radical (unpaired) electrons. The fourth-order valence-electron chi connectivity index (χ4n) is 2.23. The molecule has 24 heavy (non-hydrogen) atoms. The highest BCUT2D eigenvalue weighted by Gasteiger charge is 2.22. The third-order valence-corrected chi connectivity index (χ3v) is 13.8. The second kappa shape index (κ2) is 8.17. The van der Waals surface area contributed by atoms with E-state index < -0.39 is 0 Å². The molecule has 4 nitrogen and oxygen atoms in total. The molecule has 122 valence electrons. The van der Waals surface area contributed by atoms with Crippen LogP contribution in [0.25, 0.3) is 0 Å². The van der Waals surface area contributed by atoms with Gasteiger partial charge in [-0.3, -0.25) is 19.9 Å². The molecule has 4 rings (SSSR count). The Bertz CT molecular complexity index is 691. The summed E-state index contributed by atoms with van der Waals surface area (Å²) in [7, 11) is -0.729. The molecule has 10 heteroatoms. The molecule has 0 amide bonds. The lowest BCUT2D eigenvalue weighted by atomic mass is 10.9. The lowest BCUT2D eigenvalue weighted by Crippen LogP contribution is -2.15. The molecule has 0 aliphatic rings. The van der Waals surface area contributed by atoms with Crippen molar-refractivity contribution in [3.05, 3.63) is 46.8 Å². The van der Waals surface area contributed by atoms with Crippen molar-refractivity contribution >= 4 is 79.7 Å². The van der Waals surface area contributed by atoms with E-state index in [2.05, 4.69) is 19.9 Å². The van der Waals surface area contributed by atoms with E-state index >= 15 is 0 Å². The van der Waals surface area contributed by atoms with Crippen molar-refractivity contribution in [3.63, 3.8) is 0 Å². The summed E-state index contributed by atoms with van der Waals surface area (Å²) in [6, 6.07) is 0. The van der Waals surface area contributed by atoms with E-state index in [9.17, 15) is 0 Å². The first-order chi connectivity index (χ1) is 11.9. The number of rotatable bonds is 7. The lowest BCUT2D eigenvalue weighted by molar-refractivity contribution is 1.42. The third kappa shape index (κ3) is 3.79. The number of hydrogen-bond acceptors (Lipinski definition) is 8. The van der Waals surface area contributed by atoms with E-state index in [1.165, 1.54) is 18.5 Å². The molecule has 0 saturated carbocycles. The highest BCUT2D eigenvalue weighted by atomic mass is 32.1. The van der Waals surface area contributed by atoms with Gasteiger partial charge in [-0.25, -0.2) is 0 Å². The summed E-state index contributed by atoms with van der Waals surface area (Å²) < 4.78 is 5.55. The molecule has 0 atom stereocenters. The molecule has 0 spiro atoms. The SMILES string of the molecule is c1ncc(P(CCP(c2cncs2)c2cncs2)c2cncs2)s1. The summed E-state index contributed by atoms with van der Waals surface area (Å²) in [6.07, 6.45) is 10.4. The van der Waals surface area contributed by atoms with Crippen molar-refractivity contribution in [2.45, 2.75) is 0 Å². The second-order valence-corrected chi connectivity index (χ2v) is 14.0. The minimum Gasteiger partial charge on any atom is -0.252 e. The van der Waals surface area contributed by atoms with Crippen LogP contribution >= 0.6 is 61.2 Å². The highest BCUT2D eigenvalue weighted by molar-refractivity contribution is 7.85. The van der Waals surface area contributed by atoms with Gasteiger partial charge in [-0.15, -0.1) is 45.3 Å². The second-order valence-electron chi connectivity index (χ2n) is 4.66. The van der Waals surface area contributed by atoms with Gasteiger partial charge in [0, 0.05) is 24.8 Å². The van der Waals surface area contributed by atoms with E-state index in [1.807, 2.05) is 46.8 Å². The van der Waals surface area contributed by atoms with Crippen molar-refractivity contribution in [2.24, 2.45) is 0 Å². The summed E-state index contributed by atoms with van der Waals surface area (Å²) in [5.74, 6) is 0. The van der Waals surface area contributed by atoms with Crippen molar-refractivity contribution in [3.8, 4) is 0 Å². The minimum absolute atomic E-state index is 0.364. The van der Waals surface area contributed by atoms with Crippen LogP contribution in [-0.2, 0) is 0 Å². The molecular weight excluding hydrogens is 414 g/mol. The fraction of sp³-hybridized carbons (Fsp3) is 0.143. The van der Waals surface area contributed by atoms with Gasteiger partial charge >= 0.3 is 0 Å². The molecular formula is C14H12N4P2S4. The molecule has 4 heterocycles. The molecule has 0 saturated heterocycles. The number of hydrogen-bond donors (Lipinski definition) is 0. The Morgan fingerprint density at radius 1 is 0.542 bits per heavy atom. The quantitative estimate of drug-likeness (QED) is 0.426. The van der Waals surface area contributed by atoms with Crippen molar-refractivity contribution in [1.82, 2.24) is 19.9 Å². The molecule has 0 unspecified atom stereocenters. The van der Waals surface area contributed by atoms with Crippen LogP contribution in [0.4, 0.5) is 0 Å². The van der Waals surface area contributed by atoms with Gasteiger partial charge in [0.25, 0.3) is 0 Å². The number of thiazole rings is 4. The Labute approximate surface area is 158 Å². The van der Waals surface area contributed by atoms with Gasteiger partial charge in [-0.1, -0.05) is 0 Å². The number of aromatic nitrogens is 4. The predicted molar refractivity (Wildman–Crippen MR) is 111 cm³/mol. The van der Waals surface area contributed by atoms with Gasteiger partial charge in [0.15, 0.2) is 0 Å². The predicted octanol–water partition coefficient (Wildman–Crippen LogP) is 3.08. The van der Waals surface area contributed by atoms with Gasteiger partial charge in [-0.05, 0) is 28.2 Å². The number of nitrogens with zero attached hydrogens (tertiary/aromatic N) is 4. The molecule has 4 aromatic rings. The average molecular weight is 426 g/mol. The van der Waals surface area contributed by atoms with E-state index in [-0.39, 0.29) is 15.8 Å². The Hall–Kier alpha value is -0.620. The molecule has 0 bridgehead atoms. The molecule has 0 fully saturated rings. The van der Waals surface area contributed by atoms with Crippen molar-refractivity contribution in [1.29, 1.82) is 0 Å². The standard InChI is InChI=1S/C14H12N4P2S4/c1(19(11-3-15-7-21-11)12-4-16-8-22-12)2-20(13-5-17-9-23-13)14-6-18-10-24-14/h3-10H,1-2H2. The Kier molecular flexibility index (Phi) is 5.73. The first-order valence-electron chi connectivity index (χ1n) is 7.01. The summed E-state index contributed by atoms with van der Waals surface area (Å²) in [5, 5.41) is 0. The van der Waals surface area contributed by atoms with E-state index in [0.717, 1.165) is 12.3 Å². The molecule has 0 aromatic carbocycles. The largest absolute Gasteiger partial charge is 0.252 e. The monoisotopic (exact) mass is 426 g/mol. The Morgan fingerprint density at radius 3 is 1.04 bits per heavy atom. The maximum atomic E-state index is 4.29. The zero-order valence-electron chi connectivity index (χ0n) is 12.3. The van der Waals surface area contributed by atoms with E-state index in [0.29, 0.717) is 0 Å². The van der Waals surface area contributed by atoms with Gasteiger partial charge < -0.3 is 0 Å². The lowest BCUT2D eigenvalue weighted by Gasteiger charge is -2.18. The zero-order valence-corrected chi connectivity index (χ0v) is 17.4. The van der Waals surface area contributed by atoms with Gasteiger partial charge in [0.2, 0.25) is 0 Å². The van der Waals surface area contributed by atoms with Crippen LogP contribution in [0.1, 0.15) is 0 Å². The summed E-state index contributed by atoms with van der Waals surface area (Å²) in [5.41, 5.74) is 7.73. The normalized spacial score (nSPS) is 11.6. The van der Waals surface area contributed by atoms with Crippen molar-refractivity contribution < 1.29 is 0 Å². The van der Waals surface area contributed by atoms with Crippen LogP contribution in [0.2, 0.25) is 0 Å². The van der Waals surface area contributed by atoms with Gasteiger partial charge in [0.05, 0.1) is 40.5 Å². The van der Waals surface area contributed by atoms with Gasteiger partial charge in [0.1, 0.15) is 0 Å². The van der Waals surface area contributed by atoms with Crippen LogP contribution in [0.5, 0.6) is 0 Å². The van der Waals surface area contributed by atoms with Crippen LogP contribution in [0, 0.1) is 0 Å². The van der Waals surface area contributed by atoms with Crippen LogP contribution in [0.15, 0.2) is 46.8 Å².